The SMILES string of the molecule is O=C(CC1CCCC1)Nc1ccccc1C(=O)O. The number of anilines is 1. The largest absolute Gasteiger partial charge is 0.478 e. The molecule has 0 unspecified atom stereocenters. The van der Waals surface area contributed by atoms with Crippen molar-refractivity contribution in [2.75, 3.05) is 5.32 Å². The zero-order valence-electron chi connectivity index (χ0n) is 10.2. The monoisotopic (exact) mass is 247 g/mol. The van der Waals surface area contributed by atoms with Crippen molar-refractivity contribution < 1.29 is 14.7 Å². The van der Waals surface area contributed by atoms with Gasteiger partial charge in [0.25, 0.3) is 0 Å². The number of hydrogen-bond acceptors (Lipinski definition) is 2. The molecule has 1 aromatic rings. The molecule has 18 heavy (non-hydrogen) atoms. The van der Waals surface area contributed by atoms with Crippen LogP contribution < -0.4 is 5.32 Å². The lowest BCUT2D eigenvalue weighted by Crippen LogP contribution is -2.17. The number of carbonyl (C=O) groups excluding carboxylic acids is 1. The van der Waals surface area contributed by atoms with Gasteiger partial charge < -0.3 is 10.4 Å². The van der Waals surface area contributed by atoms with E-state index in [1.165, 1.54) is 18.9 Å². The molecule has 2 rings (SSSR count). The minimum absolute atomic E-state index is 0.0874. The maximum Gasteiger partial charge on any atom is 0.337 e. The van der Waals surface area contributed by atoms with Crippen LogP contribution in [0.4, 0.5) is 5.69 Å². The van der Waals surface area contributed by atoms with Crippen LogP contribution >= 0.6 is 0 Å². The van der Waals surface area contributed by atoms with Crippen LogP contribution in [0.2, 0.25) is 0 Å². The first-order valence-corrected chi connectivity index (χ1v) is 6.29. The summed E-state index contributed by atoms with van der Waals surface area (Å²) in [5.41, 5.74) is 0.519. The van der Waals surface area contributed by atoms with Gasteiger partial charge in [-0.1, -0.05) is 25.0 Å². The molecule has 1 amide bonds. The lowest BCUT2D eigenvalue weighted by atomic mass is 10.0. The zero-order chi connectivity index (χ0) is 13.0. The minimum atomic E-state index is -1.02. The van der Waals surface area contributed by atoms with Gasteiger partial charge in [-0.05, 0) is 30.9 Å². The predicted octanol–water partition coefficient (Wildman–Crippen LogP) is 2.90. The second-order valence-electron chi connectivity index (χ2n) is 4.75. The summed E-state index contributed by atoms with van der Waals surface area (Å²) in [5, 5.41) is 11.7. The van der Waals surface area contributed by atoms with Gasteiger partial charge in [0, 0.05) is 6.42 Å². The second-order valence-corrected chi connectivity index (χ2v) is 4.75. The van der Waals surface area contributed by atoms with E-state index in [0.29, 0.717) is 18.0 Å². The second kappa shape index (κ2) is 5.67. The summed E-state index contributed by atoms with van der Waals surface area (Å²) in [6.45, 7) is 0. The smallest absolute Gasteiger partial charge is 0.337 e. The fourth-order valence-corrected chi connectivity index (χ4v) is 2.46. The lowest BCUT2D eigenvalue weighted by molar-refractivity contribution is -0.117. The predicted molar refractivity (Wildman–Crippen MR) is 68.6 cm³/mol. The molecule has 1 aliphatic carbocycles. The topological polar surface area (TPSA) is 66.4 Å². The van der Waals surface area contributed by atoms with Gasteiger partial charge in [-0.15, -0.1) is 0 Å². The molecular formula is C14H17NO3. The van der Waals surface area contributed by atoms with Gasteiger partial charge in [0.2, 0.25) is 5.91 Å². The van der Waals surface area contributed by atoms with E-state index in [1.54, 1.807) is 18.2 Å². The Hall–Kier alpha value is -1.84. The molecule has 0 aliphatic heterocycles. The van der Waals surface area contributed by atoms with Crippen LogP contribution in [0.25, 0.3) is 0 Å². The van der Waals surface area contributed by atoms with Gasteiger partial charge in [0.05, 0.1) is 11.3 Å². The number of benzene rings is 1. The number of para-hydroxylation sites is 1. The van der Waals surface area contributed by atoms with E-state index in [1.807, 2.05) is 0 Å². The molecule has 0 heterocycles. The fourth-order valence-electron chi connectivity index (χ4n) is 2.46. The normalized spacial score (nSPS) is 15.6. The van der Waals surface area contributed by atoms with Crippen LogP contribution in [0.3, 0.4) is 0 Å². The fraction of sp³-hybridized carbons (Fsp3) is 0.429. The third-order valence-electron chi connectivity index (χ3n) is 3.38. The summed E-state index contributed by atoms with van der Waals surface area (Å²) < 4.78 is 0. The van der Waals surface area contributed by atoms with E-state index >= 15 is 0 Å². The highest BCUT2D eigenvalue weighted by molar-refractivity contribution is 6.00. The summed E-state index contributed by atoms with van der Waals surface area (Å²) in [4.78, 5) is 22.8. The average Bonchev–Trinajstić information content (AvgIpc) is 2.82. The Morgan fingerprint density at radius 2 is 1.89 bits per heavy atom. The van der Waals surface area contributed by atoms with E-state index in [-0.39, 0.29) is 11.5 Å². The van der Waals surface area contributed by atoms with Crippen LogP contribution in [-0.2, 0) is 4.79 Å². The molecule has 4 nitrogen and oxygen atoms in total. The number of carbonyl (C=O) groups is 2. The van der Waals surface area contributed by atoms with Gasteiger partial charge >= 0.3 is 5.97 Å². The maximum absolute atomic E-state index is 11.8. The summed E-state index contributed by atoms with van der Waals surface area (Å²) in [7, 11) is 0. The molecule has 0 spiro atoms. The first-order chi connectivity index (χ1) is 8.66. The van der Waals surface area contributed by atoms with Crippen molar-refractivity contribution in [2.24, 2.45) is 5.92 Å². The molecule has 1 fully saturated rings. The molecule has 1 aromatic carbocycles. The Bertz CT molecular complexity index is 450. The molecular weight excluding hydrogens is 230 g/mol. The van der Waals surface area contributed by atoms with Gasteiger partial charge in [0.15, 0.2) is 0 Å². The van der Waals surface area contributed by atoms with E-state index < -0.39 is 5.97 Å². The molecule has 2 N–H and O–H groups in total. The molecule has 0 aromatic heterocycles. The van der Waals surface area contributed by atoms with E-state index in [0.717, 1.165) is 12.8 Å². The highest BCUT2D eigenvalue weighted by Crippen LogP contribution is 2.28. The minimum Gasteiger partial charge on any atom is -0.478 e. The summed E-state index contributed by atoms with van der Waals surface area (Å²) in [6, 6.07) is 6.48. The number of nitrogens with one attached hydrogen (secondary N) is 1. The molecule has 0 bridgehead atoms. The number of carboxylic acid groups (broad SMARTS) is 1. The van der Waals surface area contributed by atoms with Crippen molar-refractivity contribution in [1.82, 2.24) is 0 Å². The first-order valence-electron chi connectivity index (χ1n) is 6.29. The highest BCUT2D eigenvalue weighted by Gasteiger charge is 2.19. The van der Waals surface area contributed by atoms with Crippen LogP contribution in [0.1, 0.15) is 42.5 Å². The Balaban J connectivity index is 2.00. The van der Waals surface area contributed by atoms with Crippen molar-refractivity contribution in [1.29, 1.82) is 0 Å². The highest BCUT2D eigenvalue weighted by atomic mass is 16.4. The van der Waals surface area contributed by atoms with Crippen molar-refractivity contribution in [2.45, 2.75) is 32.1 Å². The molecule has 96 valence electrons. The lowest BCUT2D eigenvalue weighted by Gasteiger charge is -2.11. The van der Waals surface area contributed by atoms with Gasteiger partial charge in [0.1, 0.15) is 0 Å². The number of carboxylic acids is 1. The maximum atomic E-state index is 11.8. The van der Waals surface area contributed by atoms with Crippen molar-refractivity contribution in [3.63, 3.8) is 0 Å². The van der Waals surface area contributed by atoms with Gasteiger partial charge in [-0.3, -0.25) is 4.79 Å². The van der Waals surface area contributed by atoms with Crippen LogP contribution in [0.15, 0.2) is 24.3 Å². The number of rotatable bonds is 4. The molecule has 1 aliphatic rings. The van der Waals surface area contributed by atoms with E-state index in [9.17, 15) is 9.59 Å². The number of aromatic carboxylic acids is 1. The Labute approximate surface area is 106 Å². The third-order valence-corrected chi connectivity index (χ3v) is 3.38. The molecule has 0 radical (unpaired) electrons. The zero-order valence-corrected chi connectivity index (χ0v) is 10.2. The number of amides is 1. The summed E-state index contributed by atoms with van der Waals surface area (Å²) >= 11 is 0. The Morgan fingerprint density at radius 1 is 1.22 bits per heavy atom. The van der Waals surface area contributed by atoms with Crippen LogP contribution in [-0.4, -0.2) is 17.0 Å². The summed E-state index contributed by atoms with van der Waals surface area (Å²) in [6.07, 6.45) is 5.10. The van der Waals surface area contributed by atoms with Crippen LogP contribution in [0, 0.1) is 5.92 Å². The Kier molecular flexibility index (Phi) is 3.97. The number of hydrogen-bond donors (Lipinski definition) is 2. The first kappa shape index (κ1) is 12.6. The summed E-state index contributed by atoms with van der Waals surface area (Å²) in [5.74, 6) is -0.649. The van der Waals surface area contributed by atoms with Crippen LogP contribution in [0.5, 0.6) is 0 Å². The van der Waals surface area contributed by atoms with Crippen molar-refractivity contribution in [3.05, 3.63) is 29.8 Å². The van der Waals surface area contributed by atoms with Crippen molar-refractivity contribution >= 4 is 17.6 Å². The average molecular weight is 247 g/mol. The van der Waals surface area contributed by atoms with E-state index in [2.05, 4.69) is 5.32 Å². The van der Waals surface area contributed by atoms with Crippen molar-refractivity contribution in [3.8, 4) is 0 Å². The Morgan fingerprint density at radius 3 is 2.56 bits per heavy atom. The quantitative estimate of drug-likeness (QED) is 0.859. The standard InChI is InChI=1S/C14H17NO3/c16-13(9-10-5-1-2-6-10)15-12-8-4-3-7-11(12)14(17)18/h3-4,7-8,10H,1-2,5-6,9H2,(H,15,16)(H,17,18). The molecule has 4 heteroatoms. The van der Waals surface area contributed by atoms with Gasteiger partial charge in [-0.25, -0.2) is 4.79 Å². The third kappa shape index (κ3) is 3.09. The molecule has 1 saturated carbocycles. The molecule has 0 saturated heterocycles. The molecule has 0 atom stereocenters. The van der Waals surface area contributed by atoms with Gasteiger partial charge in [-0.2, -0.15) is 0 Å². The van der Waals surface area contributed by atoms with E-state index in [4.69, 9.17) is 5.11 Å².